The highest BCUT2D eigenvalue weighted by molar-refractivity contribution is 5.81. The van der Waals surface area contributed by atoms with E-state index in [1.165, 1.54) is 5.56 Å². The van der Waals surface area contributed by atoms with Crippen molar-refractivity contribution in [2.24, 2.45) is 5.73 Å². The summed E-state index contributed by atoms with van der Waals surface area (Å²) in [5, 5.41) is 6.64. The Morgan fingerprint density at radius 1 is 1.19 bits per heavy atom. The van der Waals surface area contributed by atoms with Crippen LogP contribution in [0.5, 0.6) is 0 Å². The van der Waals surface area contributed by atoms with Gasteiger partial charge in [0.25, 0.3) is 0 Å². The highest BCUT2D eigenvalue weighted by atomic mass is 16.2. The van der Waals surface area contributed by atoms with Crippen LogP contribution in [0.3, 0.4) is 0 Å². The summed E-state index contributed by atoms with van der Waals surface area (Å²) < 4.78 is 0. The number of carbonyl (C=O) groups is 1. The van der Waals surface area contributed by atoms with Crippen LogP contribution in [-0.4, -0.2) is 24.0 Å². The van der Waals surface area contributed by atoms with Gasteiger partial charge in [-0.2, -0.15) is 0 Å². The molecule has 1 unspecified atom stereocenters. The average Bonchev–Trinajstić information content (AvgIpc) is 2.51. The van der Waals surface area contributed by atoms with Gasteiger partial charge in [0, 0.05) is 18.1 Å². The molecule has 4 nitrogen and oxygen atoms in total. The third-order valence-corrected chi connectivity index (χ3v) is 4.19. The summed E-state index contributed by atoms with van der Waals surface area (Å²) in [7, 11) is 0. The fourth-order valence-corrected chi connectivity index (χ4v) is 2.46. The molecular formula is C17H29N3O. The van der Waals surface area contributed by atoms with E-state index < -0.39 is 6.04 Å². The summed E-state index contributed by atoms with van der Waals surface area (Å²) in [5.74, 6) is -0.101. The zero-order chi connectivity index (χ0) is 15.9. The van der Waals surface area contributed by atoms with Crippen LogP contribution in [-0.2, 0) is 4.79 Å². The van der Waals surface area contributed by atoms with Crippen molar-refractivity contribution in [1.29, 1.82) is 0 Å². The van der Waals surface area contributed by atoms with Crippen molar-refractivity contribution in [3.05, 3.63) is 35.9 Å². The minimum Gasteiger partial charge on any atom is -0.353 e. The molecule has 21 heavy (non-hydrogen) atoms. The topological polar surface area (TPSA) is 67.2 Å². The molecule has 2 atom stereocenters. The lowest BCUT2D eigenvalue weighted by atomic mass is 9.90. The molecule has 1 amide bonds. The van der Waals surface area contributed by atoms with E-state index in [4.69, 9.17) is 5.73 Å². The van der Waals surface area contributed by atoms with E-state index in [1.807, 2.05) is 18.2 Å². The molecule has 0 bridgehead atoms. The average molecular weight is 291 g/mol. The zero-order valence-electron chi connectivity index (χ0n) is 13.6. The summed E-state index contributed by atoms with van der Waals surface area (Å²) >= 11 is 0. The van der Waals surface area contributed by atoms with Gasteiger partial charge in [0.15, 0.2) is 0 Å². The largest absolute Gasteiger partial charge is 0.353 e. The van der Waals surface area contributed by atoms with Gasteiger partial charge >= 0.3 is 0 Å². The second kappa shape index (κ2) is 8.15. The quantitative estimate of drug-likeness (QED) is 0.689. The summed E-state index contributed by atoms with van der Waals surface area (Å²) in [4.78, 5) is 11.7. The number of nitrogens with two attached hydrogens (primary N) is 1. The first-order valence-electron chi connectivity index (χ1n) is 7.80. The van der Waals surface area contributed by atoms with Gasteiger partial charge in [-0.1, -0.05) is 44.2 Å². The maximum atomic E-state index is 11.7. The lowest BCUT2D eigenvalue weighted by Crippen LogP contribution is -2.55. The van der Waals surface area contributed by atoms with E-state index in [9.17, 15) is 4.79 Å². The van der Waals surface area contributed by atoms with Crippen molar-refractivity contribution in [2.45, 2.75) is 58.2 Å². The fraction of sp³-hybridized carbons (Fsp3) is 0.588. The van der Waals surface area contributed by atoms with Crippen LogP contribution in [0.2, 0.25) is 0 Å². The molecule has 0 aliphatic carbocycles. The van der Waals surface area contributed by atoms with E-state index >= 15 is 0 Å². The Kier molecular flexibility index (Phi) is 6.85. The number of amides is 1. The number of rotatable bonds is 8. The lowest BCUT2D eigenvalue weighted by Gasteiger charge is -2.36. The fourth-order valence-electron chi connectivity index (χ4n) is 2.46. The van der Waals surface area contributed by atoms with Gasteiger partial charge in [-0.05, 0) is 32.3 Å². The molecule has 1 aromatic rings. The van der Waals surface area contributed by atoms with Gasteiger partial charge in [-0.15, -0.1) is 0 Å². The maximum Gasteiger partial charge on any atom is 0.236 e. The van der Waals surface area contributed by atoms with Crippen LogP contribution in [0, 0.1) is 0 Å². The smallest absolute Gasteiger partial charge is 0.236 e. The molecule has 0 spiro atoms. The SMILES string of the molecule is CCC(CC)(CNC(=O)[C@@H](C)N)NC(C)c1ccccc1. The molecular weight excluding hydrogens is 262 g/mol. The highest BCUT2D eigenvalue weighted by Gasteiger charge is 2.28. The second-order valence-corrected chi connectivity index (χ2v) is 5.77. The van der Waals surface area contributed by atoms with Gasteiger partial charge in [0.1, 0.15) is 0 Å². The number of carbonyl (C=O) groups excluding carboxylic acids is 1. The van der Waals surface area contributed by atoms with Crippen molar-refractivity contribution in [2.75, 3.05) is 6.54 Å². The van der Waals surface area contributed by atoms with E-state index in [1.54, 1.807) is 6.92 Å². The normalized spacial score (nSPS) is 14.5. The minimum atomic E-state index is -0.469. The van der Waals surface area contributed by atoms with Crippen molar-refractivity contribution in [3.63, 3.8) is 0 Å². The molecule has 4 heteroatoms. The summed E-state index contributed by atoms with van der Waals surface area (Å²) in [5.41, 5.74) is 6.75. The molecule has 118 valence electrons. The van der Waals surface area contributed by atoms with Gasteiger partial charge in [0.2, 0.25) is 5.91 Å². The number of nitrogens with one attached hydrogen (secondary N) is 2. The first kappa shape index (κ1) is 17.7. The molecule has 0 radical (unpaired) electrons. The van der Waals surface area contributed by atoms with Crippen LogP contribution in [0.15, 0.2) is 30.3 Å². The van der Waals surface area contributed by atoms with E-state index in [-0.39, 0.29) is 17.5 Å². The van der Waals surface area contributed by atoms with Gasteiger partial charge in [-0.3, -0.25) is 4.79 Å². The molecule has 4 N–H and O–H groups in total. The van der Waals surface area contributed by atoms with E-state index in [2.05, 4.69) is 43.5 Å². The standard InChI is InChI=1S/C17H29N3O/c1-5-17(6-2,12-19-16(21)13(3)18)20-14(4)15-10-8-7-9-11-15/h7-11,13-14,20H,5-6,12,18H2,1-4H3,(H,19,21)/t13-,14?/m1/s1. The van der Waals surface area contributed by atoms with Crippen molar-refractivity contribution < 1.29 is 4.79 Å². The molecule has 0 saturated carbocycles. The zero-order valence-corrected chi connectivity index (χ0v) is 13.6. The molecule has 0 aliphatic rings. The van der Waals surface area contributed by atoms with Gasteiger partial charge < -0.3 is 16.4 Å². The number of benzene rings is 1. The molecule has 0 aromatic heterocycles. The monoisotopic (exact) mass is 291 g/mol. The van der Waals surface area contributed by atoms with Crippen molar-refractivity contribution in [3.8, 4) is 0 Å². The Balaban J connectivity index is 2.73. The first-order valence-corrected chi connectivity index (χ1v) is 7.80. The van der Waals surface area contributed by atoms with Gasteiger partial charge in [-0.25, -0.2) is 0 Å². The van der Waals surface area contributed by atoms with Gasteiger partial charge in [0.05, 0.1) is 6.04 Å². The molecule has 1 aromatic carbocycles. The third kappa shape index (κ3) is 5.14. The predicted octanol–water partition coefficient (Wildman–Crippen LogP) is 2.36. The molecule has 0 saturated heterocycles. The lowest BCUT2D eigenvalue weighted by molar-refractivity contribution is -0.122. The summed E-state index contributed by atoms with van der Waals surface area (Å²) in [6.45, 7) is 8.74. The number of hydrogen-bond donors (Lipinski definition) is 3. The second-order valence-electron chi connectivity index (χ2n) is 5.77. The summed E-state index contributed by atoms with van der Waals surface area (Å²) in [6, 6.07) is 10.1. The Morgan fingerprint density at radius 2 is 1.76 bits per heavy atom. The maximum absolute atomic E-state index is 11.7. The Morgan fingerprint density at radius 3 is 2.24 bits per heavy atom. The van der Waals surface area contributed by atoms with Crippen LogP contribution < -0.4 is 16.4 Å². The Bertz CT molecular complexity index is 427. The third-order valence-electron chi connectivity index (χ3n) is 4.19. The van der Waals surface area contributed by atoms with Crippen molar-refractivity contribution in [1.82, 2.24) is 10.6 Å². The van der Waals surface area contributed by atoms with Crippen molar-refractivity contribution >= 4 is 5.91 Å². The van der Waals surface area contributed by atoms with Crippen LogP contribution >= 0.6 is 0 Å². The van der Waals surface area contributed by atoms with Crippen LogP contribution in [0.25, 0.3) is 0 Å². The molecule has 0 fully saturated rings. The summed E-state index contributed by atoms with van der Waals surface area (Å²) in [6.07, 6.45) is 1.89. The first-order chi connectivity index (χ1) is 9.94. The molecule has 0 heterocycles. The van der Waals surface area contributed by atoms with Crippen LogP contribution in [0.1, 0.15) is 52.1 Å². The van der Waals surface area contributed by atoms with E-state index in [0.717, 1.165) is 12.8 Å². The molecule has 1 rings (SSSR count). The highest BCUT2D eigenvalue weighted by Crippen LogP contribution is 2.21. The van der Waals surface area contributed by atoms with Crippen LogP contribution in [0.4, 0.5) is 0 Å². The molecule has 0 aliphatic heterocycles. The Labute approximate surface area is 128 Å². The Hall–Kier alpha value is -1.39. The minimum absolute atomic E-state index is 0.101. The number of hydrogen-bond acceptors (Lipinski definition) is 3. The van der Waals surface area contributed by atoms with E-state index in [0.29, 0.717) is 6.54 Å². The predicted molar refractivity (Wildman–Crippen MR) is 88.0 cm³/mol.